The van der Waals surface area contributed by atoms with Crippen molar-refractivity contribution in [1.29, 1.82) is 0 Å². The normalized spacial score (nSPS) is 11.6. The fourth-order valence-corrected chi connectivity index (χ4v) is 1.91. The molecule has 1 aromatic carbocycles. The zero-order valence-electron chi connectivity index (χ0n) is 13.1. The summed E-state index contributed by atoms with van der Waals surface area (Å²) in [5.74, 6) is -0.705. The molecule has 0 aliphatic rings. The zero-order chi connectivity index (χ0) is 17.0. The Morgan fingerprint density at radius 3 is 2.30 bits per heavy atom. The molecule has 23 heavy (non-hydrogen) atoms. The molecule has 120 valence electrons. The molecular formula is C17H17NO5. The molecule has 0 spiro atoms. The van der Waals surface area contributed by atoms with Gasteiger partial charge in [0.1, 0.15) is 11.3 Å². The van der Waals surface area contributed by atoms with Crippen LogP contribution in [0, 0.1) is 6.92 Å². The van der Waals surface area contributed by atoms with Crippen molar-refractivity contribution < 1.29 is 23.5 Å². The van der Waals surface area contributed by atoms with Crippen LogP contribution in [0.25, 0.3) is 0 Å². The van der Waals surface area contributed by atoms with Gasteiger partial charge in [-0.05, 0) is 51.1 Å². The molecule has 2 rings (SSSR count). The van der Waals surface area contributed by atoms with Crippen LogP contribution >= 0.6 is 0 Å². The van der Waals surface area contributed by atoms with E-state index in [1.807, 2.05) is 0 Å². The minimum Gasteiger partial charge on any atom is -0.469 e. The van der Waals surface area contributed by atoms with Crippen LogP contribution in [-0.4, -0.2) is 23.8 Å². The van der Waals surface area contributed by atoms with Crippen LogP contribution in [0.2, 0.25) is 0 Å². The summed E-state index contributed by atoms with van der Waals surface area (Å²) in [6.45, 7) is 4.58. The number of ketones is 1. The molecular weight excluding hydrogens is 298 g/mol. The lowest BCUT2D eigenvalue weighted by Gasteiger charge is -2.13. The summed E-state index contributed by atoms with van der Waals surface area (Å²) in [4.78, 5) is 35.2. The largest absolute Gasteiger partial charge is 0.469 e. The molecule has 1 heterocycles. The fourth-order valence-electron chi connectivity index (χ4n) is 1.91. The Morgan fingerprint density at radius 1 is 1.13 bits per heavy atom. The molecule has 1 aromatic heterocycles. The third-order valence-electron chi connectivity index (χ3n) is 3.29. The van der Waals surface area contributed by atoms with Gasteiger partial charge in [0.05, 0.1) is 6.26 Å². The van der Waals surface area contributed by atoms with Gasteiger partial charge in [-0.15, -0.1) is 0 Å². The Balaban J connectivity index is 1.96. The average Bonchev–Trinajstić information content (AvgIpc) is 2.93. The van der Waals surface area contributed by atoms with Crippen LogP contribution in [0.4, 0.5) is 5.69 Å². The molecule has 1 atom stereocenters. The first-order chi connectivity index (χ1) is 10.9. The Hall–Kier alpha value is -2.89. The highest BCUT2D eigenvalue weighted by Crippen LogP contribution is 2.13. The first-order valence-electron chi connectivity index (χ1n) is 7.05. The third-order valence-corrected chi connectivity index (χ3v) is 3.29. The molecule has 0 saturated heterocycles. The van der Waals surface area contributed by atoms with Gasteiger partial charge in [0.15, 0.2) is 11.9 Å². The second-order valence-corrected chi connectivity index (χ2v) is 5.06. The molecule has 0 aliphatic carbocycles. The zero-order valence-corrected chi connectivity index (χ0v) is 13.1. The Morgan fingerprint density at radius 2 is 1.78 bits per heavy atom. The number of Topliss-reactive ketones (excluding diaryl/α,β-unsaturated/α-hetero) is 1. The second-order valence-electron chi connectivity index (χ2n) is 5.06. The summed E-state index contributed by atoms with van der Waals surface area (Å²) in [7, 11) is 0. The van der Waals surface area contributed by atoms with E-state index in [0.29, 0.717) is 17.0 Å². The lowest BCUT2D eigenvalue weighted by Crippen LogP contribution is -2.30. The minimum absolute atomic E-state index is 0.0549. The molecule has 6 heteroatoms. The fraction of sp³-hybridized carbons (Fsp3) is 0.235. The molecule has 1 unspecified atom stereocenters. The number of benzene rings is 1. The lowest BCUT2D eigenvalue weighted by atomic mass is 10.1. The first-order valence-corrected chi connectivity index (χ1v) is 7.05. The Bertz CT molecular complexity index is 730. The minimum atomic E-state index is -0.968. The Labute approximate surface area is 133 Å². The molecule has 2 aromatic rings. The molecule has 6 nitrogen and oxygen atoms in total. The number of carbonyl (C=O) groups is 3. The van der Waals surface area contributed by atoms with E-state index in [4.69, 9.17) is 9.15 Å². The van der Waals surface area contributed by atoms with Crippen LogP contribution in [-0.2, 0) is 9.53 Å². The number of hydrogen-bond acceptors (Lipinski definition) is 5. The molecule has 0 fully saturated rings. The maximum Gasteiger partial charge on any atom is 0.342 e. The van der Waals surface area contributed by atoms with Gasteiger partial charge in [0.2, 0.25) is 0 Å². The average molecular weight is 315 g/mol. The summed E-state index contributed by atoms with van der Waals surface area (Å²) < 4.78 is 10.1. The number of hydrogen-bond donors (Lipinski definition) is 1. The Kier molecular flexibility index (Phi) is 4.95. The number of nitrogens with one attached hydrogen (secondary N) is 1. The maximum atomic E-state index is 12.0. The summed E-state index contributed by atoms with van der Waals surface area (Å²) in [5.41, 5.74) is 1.36. The summed E-state index contributed by atoms with van der Waals surface area (Å²) >= 11 is 0. The van der Waals surface area contributed by atoms with E-state index in [1.54, 1.807) is 31.2 Å². The lowest BCUT2D eigenvalue weighted by molar-refractivity contribution is -0.123. The quantitative estimate of drug-likeness (QED) is 0.677. The van der Waals surface area contributed by atoms with Crippen molar-refractivity contribution in [3.8, 4) is 0 Å². The van der Waals surface area contributed by atoms with Crippen molar-refractivity contribution in [2.24, 2.45) is 0 Å². The van der Waals surface area contributed by atoms with E-state index in [2.05, 4.69) is 5.32 Å². The van der Waals surface area contributed by atoms with E-state index in [0.717, 1.165) is 0 Å². The molecule has 0 bridgehead atoms. The number of amides is 1. The second kappa shape index (κ2) is 6.91. The number of aryl methyl sites for hydroxylation is 1. The van der Waals surface area contributed by atoms with Crippen molar-refractivity contribution in [2.75, 3.05) is 5.32 Å². The van der Waals surface area contributed by atoms with Crippen molar-refractivity contribution in [1.82, 2.24) is 0 Å². The van der Waals surface area contributed by atoms with Crippen LogP contribution in [0.5, 0.6) is 0 Å². The number of furan rings is 1. The van der Waals surface area contributed by atoms with Gasteiger partial charge in [-0.2, -0.15) is 0 Å². The van der Waals surface area contributed by atoms with Crippen LogP contribution in [0.15, 0.2) is 41.0 Å². The van der Waals surface area contributed by atoms with E-state index in [-0.39, 0.29) is 11.3 Å². The smallest absolute Gasteiger partial charge is 0.342 e. The predicted octanol–water partition coefficient (Wildman–Crippen LogP) is 2.97. The topological polar surface area (TPSA) is 85.6 Å². The SMILES string of the molecule is CC(=O)c1ccc(NC(=O)C(C)OC(=O)c2ccoc2C)cc1. The molecule has 0 radical (unpaired) electrons. The number of rotatable bonds is 5. The monoisotopic (exact) mass is 315 g/mol. The van der Waals surface area contributed by atoms with Gasteiger partial charge in [-0.25, -0.2) is 4.79 Å². The van der Waals surface area contributed by atoms with E-state index < -0.39 is 18.0 Å². The summed E-state index contributed by atoms with van der Waals surface area (Å²) in [5, 5.41) is 2.62. The summed E-state index contributed by atoms with van der Waals surface area (Å²) in [6.07, 6.45) is 0.414. The van der Waals surface area contributed by atoms with Gasteiger partial charge in [-0.1, -0.05) is 0 Å². The van der Waals surface area contributed by atoms with Crippen LogP contribution in [0.3, 0.4) is 0 Å². The molecule has 0 aliphatic heterocycles. The predicted molar refractivity (Wildman–Crippen MR) is 83.4 cm³/mol. The van der Waals surface area contributed by atoms with Gasteiger partial charge in [0.25, 0.3) is 5.91 Å². The number of anilines is 1. The van der Waals surface area contributed by atoms with Crippen molar-refractivity contribution >= 4 is 23.3 Å². The van der Waals surface area contributed by atoms with Crippen molar-refractivity contribution in [3.63, 3.8) is 0 Å². The molecule has 0 saturated carbocycles. The van der Waals surface area contributed by atoms with Crippen molar-refractivity contribution in [2.45, 2.75) is 26.9 Å². The number of carbonyl (C=O) groups excluding carboxylic acids is 3. The highest BCUT2D eigenvalue weighted by Gasteiger charge is 2.21. The number of ether oxygens (including phenoxy) is 1. The number of esters is 1. The van der Waals surface area contributed by atoms with Crippen molar-refractivity contribution in [3.05, 3.63) is 53.5 Å². The first kappa shape index (κ1) is 16.5. The van der Waals surface area contributed by atoms with E-state index in [1.165, 1.54) is 26.2 Å². The highest BCUT2D eigenvalue weighted by molar-refractivity contribution is 5.98. The van der Waals surface area contributed by atoms with Gasteiger partial charge in [-0.3, -0.25) is 9.59 Å². The van der Waals surface area contributed by atoms with E-state index in [9.17, 15) is 14.4 Å². The molecule has 1 N–H and O–H groups in total. The van der Waals surface area contributed by atoms with Gasteiger partial charge in [0, 0.05) is 11.3 Å². The van der Waals surface area contributed by atoms with Crippen LogP contribution < -0.4 is 5.32 Å². The van der Waals surface area contributed by atoms with E-state index >= 15 is 0 Å². The highest BCUT2D eigenvalue weighted by atomic mass is 16.5. The van der Waals surface area contributed by atoms with Crippen LogP contribution in [0.1, 0.15) is 40.3 Å². The summed E-state index contributed by atoms with van der Waals surface area (Å²) in [6, 6.07) is 7.95. The third kappa shape index (κ3) is 4.06. The maximum absolute atomic E-state index is 12.0. The van der Waals surface area contributed by atoms with Gasteiger partial charge >= 0.3 is 5.97 Å². The van der Waals surface area contributed by atoms with Gasteiger partial charge < -0.3 is 14.5 Å². The molecule has 1 amide bonds. The standard InChI is InChI=1S/C17H17NO5/c1-10(19)13-4-6-14(7-5-13)18-16(20)12(3)23-17(21)15-8-9-22-11(15)2/h4-9,12H,1-3H3,(H,18,20).